The molecule has 0 heterocycles. The lowest BCUT2D eigenvalue weighted by Crippen LogP contribution is -2.40. The van der Waals surface area contributed by atoms with E-state index in [1.54, 1.807) is 38.1 Å². The van der Waals surface area contributed by atoms with Crippen LogP contribution in [-0.2, 0) is 23.9 Å². The normalized spacial score (nSPS) is 17.7. The summed E-state index contributed by atoms with van der Waals surface area (Å²) >= 11 is 0. The van der Waals surface area contributed by atoms with Gasteiger partial charge in [-0.1, -0.05) is 18.6 Å². The SMILES string of the molecule is CCOC(=O)C(C(=O)OCC)C(/C=C/c1ccc([N+](=O)[O-])cc1)C1CCCCC1=O. The predicted octanol–water partition coefficient (Wildman–Crippen LogP) is 3.73. The molecule has 8 nitrogen and oxygen atoms in total. The molecule has 0 spiro atoms. The highest BCUT2D eigenvalue weighted by molar-refractivity contribution is 5.97. The van der Waals surface area contributed by atoms with Gasteiger partial charge in [-0.2, -0.15) is 0 Å². The first-order valence-electron chi connectivity index (χ1n) is 10.2. The van der Waals surface area contributed by atoms with Crippen LogP contribution < -0.4 is 0 Å². The molecule has 0 saturated heterocycles. The third-order valence-electron chi connectivity index (χ3n) is 5.15. The van der Waals surface area contributed by atoms with E-state index in [4.69, 9.17) is 9.47 Å². The molecule has 0 bridgehead atoms. The number of Topliss-reactive ketones (excluding diaryl/α,β-unsaturated/α-hetero) is 1. The van der Waals surface area contributed by atoms with Gasteiger partial charge in [0.2, 0.25) is 0 Å². The number of benzene rings is 1. The Morgan fingerprint density at radius 3 is 2.23 bits per heavy atom. The topological polar surface area (TPSA) is 113 Å². The smallest absolute Gasteiger partial charge is 0.320 e. The number of nitro benzene ring substituents is 1. The molecule has 2 unspecified atom stereocenters. The summed E-state index contributed by atoms with van der Waals surface area (Å²) in [6.07, 6.45) is 5.93. The molecule has 1 saturated carbocycles. The van der Waals surface area contributed by atoms with E-state index >= 15 is 0 Å². The first-order valence-corrected chi connectivity index (χ1v) is 10.2. The molecule has 1 aromatic carbocycles. The standard InChI is InChI=1S/C22H27NO7/c1-3-29-21(25)20(22(26)30-4-2)18(17-7-5-6-8-19(17)24)14-11-15-9-12-16(13-10-15)23(27)28/h9-14,17-18,20H,3-8H2,1-2H3/b14-11+. The van der Waals surface area contributed by atoms with Crippen LogP contribution >= 0.6 is 0 Å². The Kier molecular flexibility index (Phi) is 8.70. The third kappa shape index (κ3) is 5.98. The Bertz CT molecular complexity index is 782. The number of nitro groups is 1. The minimum Gasteiger partial charge on any atom is -0.465 e. The van der Waals surface area contributed by atoms with Crippen LogP contribution in [0.1, 0.15) is 45.1 Å². The zero-order valence-corrected chi connectivity index (χ0v) is 17.2. The fourth-order valence-electron chi connectivity index (χ4n) is 3.70. The number of ketones is 1. The van der Waals surface area contributed by atoms with E-state index in [2.05, 4.69) is 0 Å². The van der Waals surface area contributed by atoms with Crippen molar-refractivity contribution in [1.82, 2.24) is 0 Å². The van der Waals surface area contributed by atoms with Gasteiger partial charge in [0.05, 0.1) is 18.1 Å². The molecule has 2 rings (SSSR count). The van der Waals surface area contributed by atoms with Gasteiger partial charge in [0.25, 0.3) is 5.69 Å². The third-order valence-corrected chi connectivity index (χ3v) is 5.15. The minimum absolute atomic E-state index is 0.0122. The molecule has 0 aromatic heterocycles. The van der Waals surface area contributed by atoms with Gasteiger partial charge in [-0.3, -0.25) is 24.5 Å². The number of rotatable bonds is 9. The van der Waals surface area contributed by atoms with E-state index in [-0.39, 0.29) is 24.7 Å². The van der Waals surface area contributed by atoms with Gasteiger partial charge in [-0.25, -0.2) is 0 Å². The number of allylic oxidation sites excluding steroid dienone is 1. The van der Waals surface area contributed by atoms with E-state index in [9.17, 15) is 24.5 Å². The second kappa shape index (κ2) is 11.2. The molecule has 1 aliphatic rings. The highest BCUT2D eigenvalue weighted by Crippen LogP contribution is 2.35. The van der Waals surface area contributed by atoms with Gasteiger partial charge >= 0.3 is 11.9 Å². The van der Waals surface area contributed by atoms with Gasteiger partial charge in [-0.15, -0.1) is 0 Å². The Morgan fingerprint density at radius 2 is 1.73 bits per heavy atom. The summed E-state index contributed by atoms with van der Waals surface area (Å²) in [6, 6.07) is 5.87. The van der Waals surface area contributed by atoms with Crippen molar-refractivity contribution in [2.75, 3.05) is 13.2 Å². The number of ether oxygens (including phenoxy) is 2. The fraction of sp³-hybridized carbons (Fsp3) is 0.500. The lowest BCUT2D eigenvalue weighted by atomic mass is 9.73. The fourth-order valence-corrected chi connectivity index (χ4v) is 3.70. The van der Waals surface area contributed by atoms with Gasteiger partial charge in [-0.05, 0) is 44.4 Å². The lowest BCUT2D eigenvalue weighted by Gasteiger charge is -2.31. The second-order valence-corrected chi connectivity index (χ2v) is 7.09. The Hall–Kier alpha value is -3.03. The first-order chi connectivity index (χ1) is 14.4. The molecule has 2 atom stereocenters. The number of non-ortho nitro benzene ring substituents is 1. The van der Waals surface area contributed by atoms with Crippen LogP contribution in [0.4, 0.5) is 5.69 Å². The maximum Gasteiger partial charge on any atom is 0.320 e. The molecule has 8 heteroatoms. The first kappa shape index (κ1) is 23.3. The molecule has 0 radical (unpaired) electrons. The molecule has 1 aromatic rings. The van der Waals surface area contributed by atoms with Crippen molar-refractivity contribution in [3.63, 3.8) is 0 Å². The molecule has 30 heavy (non-hydrogen) atoms. The Labute approximate surface area is 175 Å². The average molecular weight is 417 g/mol. The maximum absolute atomic E-state index is 12.6. The lowest BCUT2D eigenvalue weighted by molar-refractivity contribution is -0.384. The molecule has 1 fully saturated rings. The molecular weight excluding hydrogens is 390 g/mol. The van der Waals surface area contributed by atoms with Crippen molar-refractivity contribution in [3.8, 4) is 0 Å². The summed E-state index contributed by atoms with van der Waals surface area (Å²) in [5.41, 5.74) is 0.613. The van der Waals surface area contributed by atoms with Crippen molar-refractivity contribution in [1.29, 1.82) is 0 Å². The van der Waals surface area contributed by atoms with Crippen molar-refractivity contribution >= 4 is 29.5 Å². The highest BCUT2D eigenvalue weighted by Gasteiger charge is 2.43. The van der Waals surface area contributed by atoms with Gasteiger partial charge < -0.3 is 9.47 Å². The molecule has 0 N–H and O–H groups in total. The van der Waals surface area contributed by atoms with Crippen LogP contribution in [0.5, 0.6) is 0 Å². The average Bonchev–Trinajstić information content (AvgIpc) is 2.72. The number of carbonyl (C=O) groups is 3. The molecule has 0 aliphatic heterocycles. The van der Waals surface area contributed by atoms with E-state index in [0.717, 1.165) is 12.8 Å². The maximum atomic E-state index is 12.6. The van der Waals surface area contributed by atoms with E-state index < -0.39 is 34.6 Å². The number of hydrogen-bond donors (Lipinski definition) is 0. The highest BCUT2D eigenvalue weighted by atomic mass is 16.6. The summed E-state index contributed by atoms with van der Waals surface area (Å²) in [7, 11) is 0. The van der Waals surface area contributed by atoms with Crippen LogP contribution in [0.3, 0.4) is 0 Å². The van der Waals surface area contributed by atoms with Crippen molar-refractivity contribution < 1.29 is 28.8 Å². The van der Waals surface area contributed by atoms with Crippen LogP contribution in [0, 0.1) is 27.9 Å². The summed E-state index contributed by atoms with van der Waals surface area (Å²) < 4.78 is 10.2. The second-order valence-electron chi connectivity index (χ2n) is 7.09. The molecule has 1 aliphatic carbocycles. The summed E-state index contributed by atoms with van der Waals surface area (Å²) in [5, 5.41) is 10.8. The van der Waals surface area contributed by atoms with Gasteiger partial charge in [0, 0.05) is 30.4 Å². The molecule has 0 amide bonds. The van der Waals surface area contributed by atoms with Crippen LogP contribution in [0.15, 0.2) is 30.3 Å². The van der Waals surface area contributed by atoms with Crippen molar-refractivity contribution in [2.45, 2.75) is 39.5 Å². The van der Waals surface area contributed by atoms with Gasteiger partial charge in [0.15, 0.2) is 5.92 Å². The zero-order valence-electron chi connectivity index (χ0n) is 17.2. The number of nitrogens with zero attached hydrogens (tertiary/aromatic N) is 1. The summed E-state index contributed by atoms with van der Waals surface area (Å²) in [4.78, 5) is 48.2. The van der Waals surface area contributed by atoms with E-state index in [1.807, 2.05) is 0 Å². The Morgan fingerprint density at radius 1 is 1.13 bits per heavy atom. The van der Waals surface area contributed by atoms with E-state index in [1.165, 1.54) is 12.1 Å². The quantitative estimate of drug-likeness (QED) is 0.260. The Balaban J connectivity index is 2.40. The predicted molar refractivity (Wildman–Crippen MR) is 109 cm³/mol. The summed E-state index contributed by atoms with van der Waals surface area (Å²) in [6.45, 7) is 3.50. The van der Waals surface area contributed by atoms with Crippen LogP contribution in [0.25, 0.3) is 6.08 Å². The monoisotopic (exact) mass is 417 g/mol. The number of carbonyl (C=O) groups excluding carboxylic acids is 3. The van der Waals surface area contributed by atoms with Crippen molar-refractivity contribution in [2.24, 2.45) is 17.8 Å². The van der Waals surface area contributed by atoms with Crippen LogP contribution in [-0.4, -0.2) is 35.9 Å². The number of esters is 2. The largest absolute Gasteiger partial charge is 0.465 e. The minimum atomic E-state index is -1.24. The van der Waals surface area contributed by atoms with Gasteiger partial charge in [0.1, 0.15) is 5.78 Å². The summed E-state index contributed by atoms with van der Waals surface area (Å²) in [5.74, 6) is -3.87. The number of hydrogen-bond acceptors (Lipinski definition) is 7. The molecule has 162 valence electrons. The van der Waals surface area contributed by atoms with Crippen molar-refractivity contribution in [3.05, 3.63) is 46.0 Å². The van der Waals surface area contributed by atoms with Crippen LogP contribution in [0.2, 0.25) is 0 Å². The van der Waals surface area contributed by atoms with E-state index in [0.29, 0.717) is 18.4 Å². The zero-order chi connectivity index (χ0) is 22.1. The molecular formula is C22H27NO7.